The molecule has 0 bridgehead atoms. The Morgan fingerprint density at radius 1 is 1.32 bits per heavy atom. The molecule has 1 aromatic carbocycles. The number of halogens is 1. The van der Waals surface area contributed by atoms with Crippen molar-refractivity contribution in [1.82, 2.24) is 15.1 Å². The smallest absolute Gasteiger partial charge is 0.410 e. The van der Waals surface area contributed by atoms with Crippen molar-refractivity contribution in [2.75, 3.05) is 13.1 Å². The summed E-state index contributed by atoms with van der Waals surface area (Å²) >= 11 is 0. The molecule has 0 radical (unpaired) electrons. The van der Waals surface area contributed by atoms with Crippen LogP contribution in [0.4, 0.5) is 9.18 Å². The van der Waals surface area contributed by atoms with Crippen molar-refractivity contribution in [3.8, 4) is 11.3 Å². The SMILES string of the molecule is CC(C)(C)OC(=O)N1CCCC(c2cc(-c3ccc(F)cc3)n[nH]2)C1. The fraction of sp³-hybridized carbons (Fsp3) is 0.474. The predicted octanol–water partition coefficient (Wildman–Crippen LogP) is 4.33. The number of aromatic amines is 1. The molecule has 2 aromatic rings. The molecule has 3 rings (SSSR count). The zero-order chi connectivity index (χ0) is 18.0. The molecule has 1 aromatic heterocycles. The van der Waals surface area contributed by atoms with E-state index in [1.165, 1.54) is 12.1 Å². The number of hydrogen-bond acceptors (Lipinski definition) is 3. The van der Waals surface area contributed by atoms with E-state index in [0.717, 1.165) is 29.8 Å². The molecular weight excluding hydrogens is 321 g/mol. The molecule has 1 atom stereocenters. The minimum atomic E-state index is -0.492. The Balaban J connectivity index is 1.70. The summed E-state index contributed by atoms with van der Waals surface area (Å²) in [5.41, 5.74) is 2.15. The average molecular weight is 345 g/mol. The van der Waals surface area contributed by atoms with E-state index in [-0.39, 0.29) is 17.8 Å². The van der Waals surface area contributed by atoms with Crippen molar-refractivity contribution in [3.05, 3.63) is 41.8 Å². The molecular formula is C19H24FN3O2. The second-order valence-corrected chi connectivity index (χ2v) is 7.48. The maximum absolute atomic E-state index is 13.1. The van der Waals surface area contributed by atoms with Crippen molar-refractivity contribution >= 4 is 6.09 Å². The van der Waals surface area contributed by atoms with Gasteiger partial charge in [0.2, 0.25) is 0 Å². The summed E-state index contributed by atoms with van der Waals surface area (Å²) in [6.07, 6.45) is 1.65. The first-order chi connectivity index (χ1) is 11.8. The number of nitrogens with zero attached hydrogens (tertiary/aromatic N) is 2. The Labute approximate surface area is 147 Å². The summed E-state index contributed by atoms with van der Waals surface area (Å²) in [7, 11) is 0. The van der Waals surface area contributed by atoms with E-state index < -0.39 is 5.60 Å². The monoisotopic (exact) mass is 345 g/mol. The lowest BCUT2D eigenvalue weighted by Crippen LogP contribution is -2.42. The quantitative estimate of drug-likeness (QED) is 0.881. The van der Waals surface area contributed by atoms with Crippen molar-refractivity contribution in [1.29, 1.82) is 0 Å². The Morgan fingerprint density at radius 2 is 2.04 bits per heavy atom. The number of benzene rings is 1. The average Bonchev–Trinajstić information content (AvgIpc) is 3.04. The molecule has 1 amide bonds. The van der Waals surface area contributed by atoms with Crippen LogP contribution in [0, 0.1) is 5.82 Å². The van der Waals surface area contributed by atoms with Crippen LogP contribution in [0.15, 0.2) is 30.3 Å². The summed E-state index contributed by atoms with van der Waals surface area (Å²) in [5.74, 6) is -0.0669. The van der Waals surface area contributed by atoms with E-state index >= 15 is 0 Å². The summed E-state index contributed by atoms with van der Waals surface area (Å²) in [6, 6.07) is 8.26. The molecule has 5 nitrogen and oxygen atoms in total. The third kappa shape index (κ3) is 4.38. The third-order valence-electron chi connectivity index (χ3n) is 4.25. The van der Waals surface area contributed by atoms with Gasteiger partial charge in [0.15, 0.2) is 0 Å². The molecule has 2 heterocycles. The largest absolute Gasteiger partial charge is 0.444 e. The number of likely N-dealkylation sites (tertiary alicyclic amines) is 1. The molecule has 1 aliphatic heterocycles. The highest BCUT2D eigenvalue weighted by Gasteiger charge is 2.29. The van der Waals surface area contributed by atoms with Gasteiger partial charge in [0, 0.05) is 30.3 Å². The number of piperidine rings is 1. The first-order valence-corrected chi connectivity index (χ1v) is 8.61. The highest BCUT2D eigenvalue weighted by atomic mass is 19.1. The van der Waals surface area contributed by atoms with Crippen molar-refractivity contribution in [2.45, 2.75) is 45.1 Å². The second kappa shape index (κ2) is 6.86. The van der Waals surface area contributed by atoms with E-state index in [4.69, 9.17) is 4.74 Å². The molecule has 1 saturated heterocycles. The fourth-order valence-corrected chi connectivity index (χ4v) is 3.04. The van der Waals surface area contributed by atoms with Gasteiger partial charge >= 0.3 is 6.09 Å². The van der Waals surface area contributed by atoms with E-state index in [9.17, 15) is 9.18 Å². The van der Waals surface area contributed by atoms with E-state index in [0.29, 0.717) is 13.1 Å². The summed E-state index contributed by atoms with van der Waals surface area (Å²) in [4.78, 5) is 14.1. The van der Waals surface area contributed by atoms with Crippen LogP contribution in [0.1, 0.15) is 45.2 Å². The number of carbonyl (C=O) groups is 1. The molecule has 6 heteroatoms. The Hall–Kier alpha value is -2.37. The highest BCUT2D eigenvalue weighted by molar-refractivity contribution is 5.68. The number of rotatable bonds is 2. The van der Waals surface area contributed by atoms with Crippen LogP contribution in [0.2, 0.25) is 0 Å². The Bertz CT molecular complexity index is 734. The summed E-state index contributed by atoms with van der Waals surface area (Å²) < 4.78 is 18.5. The van der Waals surface area contributed by atoms with Gasteiger partial charge in [-0.05, 0) is 63.9 Å². The summed E-state index contributed by atoms with van der Waals surface area (Å²) in [5, 5.41) is 7.41. The fourth-order valence-electron chi connectivity index (χ4n) is 3.04. The number of ether oxygens (including phenoxy) is 1. The number of amides is 1. The third-order valence-corrected chi connectivity index (χ3v) is 4.25. The van der Waals surface area contributed by atoms with Crippen LogP contribution in [-0.4, -0.2) is 39.9 Å². The van der Waals surface area contributed by atoms with Crippen molar-refractivity contribution < 1.29 is 13.9 Å². The van der Waals surface area contributed by atoms with Crippen molar-refractivity contribution in [3.63, 3.8) is 0 Å². The van der Waals surface area contributed by atoms with E-state index in [2.05, 4.69) is 10.2 Å². The molecule has 0 saturated carbocycles. The van der Waals surface area contributed by atoms with E-state index in [1.54, 1.807) is 17.0 Å². The molecule has 134 valence electrons. The maximum Gasteiger partial charge on any atom is 0.410 e. The van der Waals surface area contributed by atoms with Gasteiger partial charge in [-0.15, -0.1) is 0 Å². The number of carbonyl (C=O) groups excluding carboxylic acids is 1. The molecule has 1 unspecified atom stereocenters. The number of hydrogen-bond donors (Lipinski definition) is 1. The van der Waals surface area contributed by atoms with Crippen LogP contribution in [0.5, 0.6) is 0 Å². The van der Waals surface area contributed by atoms with Gasteiger partial charge in [0.1, 0.15) is 11.4 Å². The number of aromatic nitrogens is 2. The van der Waals surface area contributed by atoms with Gasteiger partial charge < -0.3 is 9.64 Å². The number of nitrogens with one attached hydrogen (secondary N) is 1. The van der Waals surface area contributed by atoms with Gasteiger partial charge in [-0.3, -0.25) is 5.10 Å². The molecule has 25 heavy (non-hydrogen) atoms. The van der Waals surface area contributed by atoms with Crippen LogP contribution in [-0.2, 0) is 4.74 Å². The van der Waals surface area contributed by atoms with E-state index in [1.807, 2.05) is 26.8 Å². The van der Waals surface area contributed by atoms with Gasteiger partial charge in [-0.25, -0.2) is 9.18 Å². The van der Waals surface area contributed by atoms with Gasteiger partial charge in [-0.1, -0.05) is 0 Å². The first kappa shape index (κ1) is 17.5. The zero-order valence-electron chi connectivity index (χ0n) is 14.9. The predicted molar refractivity (Wildman–Crippen MR) is 93.8 cm³/mol. The first-order valence-electron chi connectivity index (χ1n) is 8.61. The molecule has 0 spiro atoms. The van der Waals surface area contributed by atoms with Crippen LogP contribution < -0.4 is 0 Å². The number of H-pyrrole nitrogens is 1. The maximum atomic E-state index is 13.1. The van der Waals surface area contributed by atoms with Gasteiger partial charge in [0.05, 0.1) is 5.69 Å². The van der Waals surface area contributed by atoms with Gasteiger partial charge in [-0.2, -0.15) is 5.10 Å². The zero-order valence-corrected chi connectivity index (χ0v) is 14.9. The van der Waals surface area contributed by atoms with Crippen LogP contribution in [0.25, 0.3) is 11.3 Å². The molecule has 1 fully saturated rings. The lowest BCUT2D eigenvalue weighted by molar-refractivity contribution is 0.0197. The second-order valence-electron chi connectivity index (χ2n) is 7.48. The van der Waals surface area contributed by atoms with Gasteiger partial charge in [0.25, 0.3) is 0 Å². The Kier molecular flexibility index (Phi) is 4.79. The molecule has 1 N–H and O–H groups in total. The lowest BCUT2D eigenvalue weighted by Gasteiger charge is -2.33. The topological polar surface area (TPSA) is 58.2 Å². The molecule has 1 aliphatic rings. The summed E-state index contributed by atoms with van der Waals surface area (Å²) in [6.45, 7) is 6.94. The Morgan fingerprint density at radius 3 is 2.72 bits per heavy atom. The van der Waals surface area contributed by atoms with Crippen LogP contribution >= 0.6 is 0 Å². The molecule has 0 aliphatic carbocycles. The standard InChI is InChI=1S/C19H24FN3O2/c1-19(2,3)25-18(24)23-10-4-5-14(12-23)17-11-16(21-22-17)13-6-8-15(20)9-7-13/h6-9,11,14H,4-5,10,12H2,1-3H3,(H,21,22). The minimum Gasteiger partial charge on any atom is -0.444 e. The van der Waals surface area contributed by atoms with Crippen LogP contribution in [0.3, 0.4) is 0 Å². The highest BCUT2D eigenvalue weighted by Crippen LogP contribution is 2.29. The normalized spacial score (nSPS) is 18.2. The minimum absolute atomic E-state index is 0.197. The van der Waals surface area contributed by atoms with Crippen molar-refractivity contribution in [2.24, 2.45) is 0 Å². The lowest BCUT2D eigenvalue weighted by atomic mass is 9.94.